The van der Waals surface area contributed by atoms with Gasteiger partial charge in [0, 0.05) is 29.8 Å². The molecule has 0 fully saturated rings. The molecule has 1 atom stereocenters. The van der Waals surface area contributed by atoms with Crippen molar-refractivity contribution in [3.63, 3.8) is 0 Å². The van der Waals surface area contributed by atoms with E-state index in [9.17, 15) is 13.4 Å². The van der Waals surface area contributed by atoms with Gasteiger partial charge in [-0.05, 0) is 67.0 Å². The van der Waals surface area contributed by atoms with E-state index in [1.807, 2.05) is 13.0 Å². The van der Waals surface area contributed by atoms with Crippen LogP contribution in [0.2, 0.25) is 0 Å². The number of benzene rings is 2. The number of hydrogen-bond acceptors (Lipinski definition) is 5. The fraction of sp³-hybridized carbons (Fsp3) is 0.0769. The fourth-order valence-corrected chi connectivity index (χ4v) is 3.90. The number of amides is 1. The molecule has 4 aromatic rings. The summed E-state index contributed by atoms with van der Waals surface area (Å²) in [4.78, 5) is 20.1. The molecule has 4 rings (SSSR count). The van der Waals surface area contributed by atoms with Crippen molar-refractivity contribution in [3.05, 3.63) is 95.0 Å². The van der Waals surface area contributed by atoms with E-state index >= 15 is 0 Å². The number of nitrogens with one attached hydrogen (secondary N) is 3. The van der Waals surface area contributed by atoms with Crippen LogP contribution in [0.25, 0.3) is 11.8 Å². The third kappa shape index (κ3) is 5.71. The number of carbonyl (C=O) groups excluding carboxylic acids is 1. The van der Waals surface area contributed by atoms with Gasteiger partial charge in [-0.25, -0.2) is 14.1 Å². The Morgan fingerprint density at radius 3 is 2.69 bits per heavy atom. The summed E-state index contributed by atoms with van der Waals surface area (Å²) >= 11 is 0. The van der Waals surface area contributed by atoms with Crippen molar-refractivity contribution in [2.45, 2.75) is 11.9 Å². The van der Waals surface area contributed by atoms with Crippen molar-refractivity contribution in [1.29, 1.82) is 5.41 Å². The second-order valence-electron chi connectivity index (χ2n) is 7.65. The Kier molecular flexibility index (Phi) is 7.32. The number of aromatic nitrogens is 4. The number of rotatable bonds is 6. The molecule has 0 saturated carbocycles. The molecule has 0 radical (unpaired) electrons. The quantitative estimate of drug-likeness (QED) is 0.273. The summed E-state index contributed by atoms with van der Waals surface area (Å²) in [5, 5.41) is 14.4. The molecule has 1 amide bonds. The molecule has 2 heterocycles. The molecule has 0 spiro atoms. The van der Waals surface area contributed by atoms with Crippen LogP contribution in [-0.4, -0.2) is 42.3 Å². The Hall–Kier alpha value is -4.62. The maximum atomic E-state index is 13.3. The molecular formula is C26H21FN6O2S. The fourth-order valence-electron chi connectivity index (χ4n) is 3.24. The first-order chi connectivity index (χ1) is 17.3. The molecule has 0 aliphatic rings. The number of H-pyrrole nitrogens is 1. The van der Waals surface area contributed by atoms with Crippen LogP contribution in [0.15, 0.2) is 65.8 Å². The molecule has 180 valence electrons. The molecule has 0 aliphatic heterocycles. The highest BCUT2D eigenvalue weighted by Crippen LogP contribution is 2.19. The zero-order valence-corrected chi connectivity index (χ0v) is 20.2. The number of nitrogens with zero attached hydrogens (tertiary/aromatic N) is 3. The number of hydrogen-bond donors (Lipinski definition) is 3. The molecule has 1 unspecified atom stereocenters. The Labute approximate surface area is 209 Å². The maximum absolute atomic E-state index is 13.3. The van der Waals surface area contributed by atoms with Gasteiger partial charge in [-0.2, -0.15) is 5.10 Å². The summed E-state index contributed by atoms with van der Waals surface area (Å²) in [6, 6.07) is 12.3. The van der Waals surface area contributed by atoms with Gasteiger partial charge < -0.3 is 15.7 Å². The second-order valence-corrected chi connectivity index (χ2v) is 8.98. The van der Waals surface area contributed by atoms with Crippen molar-refractivity contribution < 1.29 is 13.4 Å². The van der Waals surface area contributed by atoms with E-state index < -0.39 is 22.5 Å². The predicted octanol–water partition coefficient (Wildman–Crippen LogP) is 4.10. The number of aromatic amines is 1. The molecular weight excluding hydrogens is 479 g/mol. The number of allylic oxidation sites excluding steroid dienone is 1. The smallest absolute Gasteiger partial charge is 0.276 e. The van der Waals surface area contributed by atoms with E-state index in [0.29, 0.717) is 33.5 Å². The number of imidazole rings is 1. The van der Waals surface area contributed by atoms with Gasteiger partial charge in [-0.3, -0.25) is 9.00 Å². The summed E-state index contributed by atoms with van der Waals surface area (Å²) < 4.78 is 26.9. The summed E-state index contributed by atoms with van der Waals surface area (Å²) in [6.45, 7) is 1.91. The topological polar surface area (TPSA) is 117 Å². The van der Waals surface area contributed by atoms with Crippen molar-refractivity contribution in [1.82, 2.24) is 19.7 Å². The first kappa shape index (κ1) is 24.5. The monoisotopic (exact) mass is 500 g/mol. The molecule has 0 bridgehead atoms. The third-order valence-electron chi connectivity index (χ3n) is 5.05. The minimum absolute atomic E-state index is 0.0701. The highest BCUT2D eigenvalue weighted by atomic mass is 32.2. The van der Waals surface area contributed by atoms with Crippen LogP contribution in [-0.2, 0) is 10.8 Å². The van der Waals surface area contributed by atoms with Gasteiger partial charge in [0.2, 0.25) is 0 Å². The molecule has 2 aromatic heterocycles. The van der Waals surface area contributed by atoms with Crippen molar-refractivity contribution in [2.24, 2.45) is 0 Å². The van der Waals surface area contributed by atoms with Crippen molar-refractivity contribution >= 4 is 34.7 Å². The van der Waals surface area contributed by atoms with Gasteiger partial charge in [-0.15, -0.1) is 0 Å². The average Bonchev–Trinajstić information content (AvgIpc) is 3.51. The van der Waals surface area contributed by atoms with Gasteiger partial charge in [0.05, 0.1) is 22.7 Å². The summed E-state index contributed by atoms with van der Waals surface area (Å²) in [7, 11) is -1.43. The predicted molar refractivity (Wildman–Crippen MR) is 137 cm³/mol. The molecule has 2 aromatic carbocycles. The average molecular weight is 501 g/mol. The summed E-state index contributed by atoms with van der Waals surface area (Å²) in [6.07, 6.45) is 7.46. The standard InChI is InChI=1S/C26H21FN6O2S/c1-17-5-9-20(14-18(17)6-10-21-16-29-24(30-21)4-3-13-28)31-26(34)23-15-25(36(2)35)33(32-23)22-11-7-19(27)8-12-22/h3-5,7-9,11-16,28H,1-2H3,(H,29,30)(H,31,34)/b4-3-,28-13?. The second kappa shape index (κ2) is 10.8. The van der Waals surface area contributed by atoms with Crippen LogP contribution in [0.1, 0.15) is 33.1 Å². The molecule has 8 nitrogen and oxygen atoms in total. The van der Waals surface area contributed by atoms with Crippen LogP contribution >= 0.6 is 0 Å². The van der Waals surface area contributed by atoms with Gasteiger partial charge in [0.25, 0.3) is 5.91 Å². The van der Waals surface area contributed by atoms with Gasteiger partial charge in [0.1, 0.15) is 22.4 Å². The molecule has 36 heavy (non-hydrogen) atoms. The number of halogens is 1. The van der Waals surface area contributed by atoms with Gasteiger partial charge in [-0.1, -0.05) is 12.0 Å². The largest absolute Gasteiger partial charge is 0.332 e. The highest BCUT2D eigenvalue weighted by Gasteiger charge is 2.18. The Morgan fingerprint density at radius 1 is 1.19 bits per heavy atom. The highest BCUT2D eigenvalue weighted by molar-refractivity contribution is 7.84. The zero-order chi connectivity index (χ0) is 25.7. The lowest BCUT2D eigenvalue weighted by Gasteiger charge is -2.06. The van der Waals surface area contributed by atoms with Crippen LogP contribution in [0, 0.1) is 30.0 Å². The lowest BCUT2D eigenvalue weighted by atomic mass is 10.1. The van der Waals surface area contributed by atoms with E-state index in [-0.39, 0.29) is 5.69 Å². The minimum Gasteiger partial charge on any atom is -0.332 e. The number of aryl methyl sites for hydroxylation is 1. The molecule has 0 aliphatic carbocycles. The maximum Gasteiger partial charge on any atom is 0.276 e. The Balaban J connectivity index is 1.56. The van der Waals surface area contributed by atoms with E-state index in [0.717, 1.165) is 11.8 Å². The Bertz CT molecular complexity index is 1560. The summed E-state index contributed by atoms with van der Waals surface area (Å²) in [5.74, 6) is 5.78. The number of carbonyl (C=O) groups is 1. The molecule has 10 heteroatoms. The van der Waals surface area contributed by atoms with Crippen LogP contribution in [0.3, 0.4) is 0 Å². The van der Waals surface area contributed by atoms with Crippen molar-refractivity contribution in [3.8, 4) is 17.5 Å². The van der Waals surface area contributed by atoms with E-state index in [1.54, 1.807) is 30.5 Å². The SMILES string of the molecule is Cc1ccc(NC(=O)c2cc(S(C)=O)n(-c3ccc(F)cc3)n2)cc1C#Cc1cnc(/C=C\C=N)[nH]1. The van der Waals surface area contributed by atoms with Crippen LogP contribution in [0.4, 0.5) is 10.1 Å². The third-order valence-corrected chi connectivity index (χ3v) is 5.93. The number of anilines is 1. The lowest BCUT2D eigenvalue weighted by molar-refractivity contribution is 0.102. The first-order valence-electron chi connectivity index (χ1n) is 10.7. The van der Waals surface area contributed by atoms with Crippen LogP contribution < -0.4 is 5.32 Å². The minimum atomic E-state index is -1.43. The summed E-state index contributed by atoms with van der Waals surface area (Å²) in [5.41, 5.74) is 3.33. The normalized spacial score (nSPS) is 11.6. The van der Waals surface area contributed by atoms with E-state index in [1.165, 1.54) is 41.3 Å². The van der Waals surface area contributed by atoms with E-state index in [4.69, 9.17) is 5.41 Å². The lowest BCUT2D eigenvalue weighted by Crippen LogP contribution is -2.13. The first-order valence-corrected chi connectivity index (χ1v) is 12.3. The molecule has 3 N–H and O–H groups in total. The molecule has 0 saturated heterocycles. The van der Waals surface area contributed by atoms with Gasteiger partial charge >= 0.3 is 0 Å². The zero-order valence-electron chi connectivity index (χ0n) is 19.4. The van der Waals surface area contributed by atoms with Crippen molar-refractivity contribution in [2.75, 3.05) is 11.6 Å². The van der Waals surface area contributed by atoms with E-state index in [2.05, 4.69) is 32.2 Å². The van der Waals surface area contributed by atoms with Gasteiger partial charge in [0.15, 0.2) is 5.69 Å². The Morgan fingerprint density at radius 2 is 1.97 bits per heavy atom. The van der Waals surface area contributed by atoms with Crippen LogP contribution in [0.5, 0.6) is 0 Å².